The molecule has 0 atom stereocenters. The summed E-state index contributed by atoms with van der Waals surface area (Å²) in [4.78, 5) is 4.76. The summed E-state index contributed by atoms with van der Waals surface area (Å²) in [5.74, 6) is 3.69. The van der Waals surface area contributed by atoms with Gasteiger partial charge in [-0.1, -0.05) is 72.3 Å². The molecule has 0 amide bonds. The van der Waals surface area contributed by atoms with Crippen molar-refractivity contribution in [2.75, 3.05) is 13.7 Å². The average Bonchev–Trinajstić information content (AvgIpc) is 2.71. The van der Waals surface area contributed by atoms with Crippen LogP contribution in [0.5, 0.6) is 5.75 Å². The van der Waals surface area contributed by atoms with Crippen molar-refractivity contribution in [2.45, 2.75) is 22.9 Å². The van der Waals surface area contributed by atoms with Crippen molar-refractivity contribution >= 4 is 11.8 Å². The lowest BCUT2D eigenvalue weighted by Crippen LogP contribution is -2.23. The van der Waals surface area contributed by atoms with Gasteiger partial charge >= 0.3 is 0 Å². The number of para-hydroxylation sites is 1. The normalized spacial score (nSPS) is 10.6. The Morgan fingerprint density at radius 2 is 1.48 bits per heavy atom. The molecule has 0 spiro atoms. The third kappa shape index (κ3) is 5.40. The zero-order chi connectivity index (χ0) is 18.9. The molecule has 3 aromatic carbocycles. The van der Waals surface area contributed by atoms with Crippen LogP contribution in [-0.4, -0.2) is 18.6 Å². The summed E-state index contributed by atoms with van der Waals surface area (Å²) >= 11 is 1.79. The Balaban J connectivity index is 1.80. The summed E-state index contributed by atoms with van der Waals surface area (Å²) in [6.45, 7) is 2.12. The first-order valence-electron chi connectivity index (χ1n) is 8.88. The van der Waals surface area contributed by atoms with Gasteiger partial charge in [0.2, 0.25) is 0 Å². The molecule has 0 saturated carbocycles. The number of benzene rings is 3. The van der Waals surface area contributed by atoms with Crippen LogP contribution in [0.3, 0.4) is 0 Å². The van der Waals surface area contributed by atoms with E-state index in [2.05, 4.69) is 65.4 Å². The quantitative estimate of drug-likeness (QED) is 0.485. The highest BCUT2D eigenvalue weighted by molar-refractivity contribution is 7.99. The Hall–Kier alpha value is -2.67. The lowest BCUT2D eigenvalue weighted by molar-refractivity contribution is 0.282. The molecule has 27 heavy (non-hydrogen) atoms. The van der Waals surface area contributed by atoms with E-state index in [0.717, 1.165) is 24.4 Å². The fraction of sp³-hybridized carbons (Fsp3) is 0.167. The second kappa shape index (κ2) is 9.87. The Bertz CT molecular complexity index is 902. The van der Waals surface area contributed by atoms with E-state index in [1.54, 1.807) is 18.9 Å². The number of terminal acetylenes is 1. The third-order valence-corrected chi connectivity index (χ3v) is 5.36. The first-order chi connectivity index (χ1) is 13.3. The highest BCUT2D eigenvalue weighted by Gasteiger charge is 2.12. The predicted molar refractivity (Wildman–Crippen MR) is 113 cm³/mol. The zero-order valence-corrected chi connectivity index (χ0v) is 16.3. The maximum Gasteiger partial charge on any atom is 0.123 e. The van der Waals surface area contributed by atoms with Crippen LogP contribution >= 0.6 is 11.8 Å². The van der Waals surface area contributed by atoms with Crippen molar-refractivity contribution in [1.82, 2.24) is 4.90 Å². The molecule has 0 N–H and O–H groups in total. The van der Waals surface area contributed by atoms with Gasteiger partial charge in [0, 0.05) is 28.4 Å². The number of methoxy groups -OCH3 is 1. The lowest BCUT2D eigenvalue weighted by atomic mass is 10.1. The van der Waals surface area contributed by atoms with Crippen LogP contribution in [0, 0.1) is 12.3 Å². The molecule has 0 saturated heterocycles. The fourth-order valence-corrected chi connectivity index (χ4v) is 3.92. The SMILES string of the molecule is C#CCN(Cc1ccccc1OC)Cc1ccccc1Sc1ccccc1. The van der Waals surface area contributed by atoms with E-state index in [-0.39, 0.29) is 0 Å². The molecular weight excluding hydrogens is 350 g/mol. The Kier molecular flexibility index (Phi) is 6.98. The van der Waals surface area contributed by atoms with E-state index < -0.39 is 0 Å². The van der Waals surface area contributed by atoms with E-state index in [1.807, 2.05) is 24.3 Å². The smallest absolute Gasteiger partial charge is 0.123 e. The van der Waals surface area contributed by atoms with Gasteiger partial charge in [-0.3, -0.25) is 4.90 Å². The van der Waals surface area contributed by atoms with Crippen molar-refractivity contribution < 1.29 is 4.74 Å². The minimum absolute atomic E-state index is 0.586. The molecule has 3 heteroatoms. The molecule has 136 valence electrons. The summed E-state index contributed by atoms with van der Waals surface area (Å²) in [7, 11) is 1.70. The van der Waals surface area contributed by atoms with Crippen molar-refractivity contribution in [3.05, 3.63) is 90.0 Å². The molecule has 0 fully saturated rings. The van der Waals surface area contributed by atoms with Crippen molar-refractivity contribution in [1.29, 1.82) is 0 Å². The second-order valence-corrected chi connectivity index (χ2v) is 7.30. The Morgan fingerprint density at radius 3 is 2.22 bits per heavy atom. The van der Waals surface area contributed by atoms with Crippen molar-refractivity contribution in [3.8, 4) is 18.1 Å². The summed E-state index contributed by atoms with van der Waals surface area (Å²) in [6, 6.07) is 27.1. The largest absolute Gasteiger partial charge is 0.496 e. The molecule has 0 aromatic heterocycles. The molecule has 0 bridgehead atoms. The van der Waals surface area contributed by atoms with Gasteiger partial charge in [0.15, 0.2) is 0 Å². The number of ether oxygens (including phenoxy) is 1. The molecule has 0 heterocycles. The monoisotopic (exact) mass is 373 g/mol. The minimum atomic E-state index is 0.586. The van der Waals surface area contributed by atoms with Crippen LogP contribution < -0.4 is 4.74 Å². The number of rotatable bonds is 8. The summed E-state index contributed by atoms with van der Waals surface area (Å²) in [5.41, 5.74) is 2.42. The van der Waals surface area contributed by atoms with Crippen LogP contribution in [0.2, 0.25) is 0 Å². The predicted octanol–water partition coefficient (Wildman–Crippen LogP) is 5.48. The highest BCUT2D eigenvalue weighted by atomic mass is 32.2. The maximum atomic E-state index is 5.64. The van der Waals surface area contributed by atoms with E-state index >= 15 is 0 Å². The van der Waals surface area contributed by atoms with Crippen molar-refractivity contribution in [2.24, 2.45) is 0 Å². The minimum Gasteiger partial charge on any atom is -0.496 e. The fourth-order valence-electron chi connectivity index (χ4n) is 2.96. The molecule has 3 aromatic rings. The molecule has 0 radical (unpaired) electrons. The van der Waals surface area contributed by atoms with Gasteiger partial charge in [0.1, 0.15) is 5.75 Å². The van der Waals surface area contributed by atoms with Gasteiger partial charge in [0.25, 0.3) is 0 Å². The van der Waals surface area contributed by atoms with Gasteiger partial charge in [-0.25, -0.2) is 0 Å². The van der Waals surface area contributed by atoms with Crippen LogP contribution in [0.4, 0.5) is 0 Å². The molecule has 0 unspecified atom stereocenters. The van der Waals surface area contributed by atoms with E-state index in [1.165, 1.54) is 15.4 Å². The molecule has 0 aliphatic heterocycles. The molecule has 0 aliphatic carbocycles. The standard InChI is InChI=1S/C24H23NOS/c1-3-17-25(18-20-11-7-9-15-23(20)26-2)19-21-12-8-10-16-24(21)27-22-13-5-4-6-14-22/h1,4-16H,17-19H2,2H3. The maximum absolute atomic E-state index is 5.64. The third-order valence-electron chi connectivity index (χ3n) is 4.24. The van der Waals surface area contributed by atoms with Crippen LogP contribution in [-0.2, 0) is 13.1 Å². The second-order valence-electron chi connectivity index (χ2n) is 6.18. The van der Waals surface area contributed by atoms with Gasteiger partial charge in [0.05, 0.1) is 13.7 Å². The van der Waals surface area contributed by atoms with Gasteiger partial charge < -0.3 is 4.74 Å². The number of hydrogen-bond donors (Lipinski definition) is 0. The lowest BCUT2D eigenvalue weighted by Gasteiger charge is -2.22. The van der Waals surface area contributed by atoms with Crippen LogP contribution in [0.1, 0.15) is 11.1 Å². The Morgan fingerprint density at radius 1 is 0.852 bits per heavy atom. The summed E-state index contributed by atoms with van der Waals surface area (Å²) < 4.78 is 5.49. The first-order valence-corrected chi connectivity index (χ1v) is 9.70. The number of hydrogen-bond acceptors (Lipinski definition) is 3. The Labute approximate surface area is 166 Å². The van der Waals surface area contributed by atoms with Gasteiger partial charge in [-0.05, 0) is 29.8 Å². The van der Waals surface area contributed by atoms with E-state index in [0.29, 0.717) is 6.54 Å². The highest BCUT2D eigenvalue weighted by Crippen LogP contribution is 2.31. The molecule has 2 nitrogen and oxygen atoms in total. The van der Waals surface area contributed by atoms with Crippen LogP contribution in [0.15, 0.2) is 88.7 Å². The summed E-state index contributed by atoms with van der Waals surface area (Å²) in [6.07, 6.45) is 5.64. The molecular formula is C24H23NOS. The van der Waals surface area contributed by atoms with Gasteiger partial charge in [-0.2, -0.15) is 0 Å². The number of nitrogens with zero attached hydrogens (tertiary/aromatic N) is 1. The average molecular weight is 374 g/mol. The van der Waals surface area contributed by atoms with Crippen molar-refractivity contribution in [3.63, 3.8) is 0 Å². The first kappa shape index (κ1) is 19.1. The zero-order valence-electron chi connectivity index (χ0n) is 15.5. The van der Waals surface area contributed by atoms with E-state index in [4.69, 9.17) is 11.2 Å². The van der Waals surface area contributed by atoms with E-state index in [9.17, 15) is 0 Å². The summed E-state index contributed by atoms with van der Waals surface area (Å²) in [5, 5.41) is 0. The van der Waals surface area contributed by atoms with Crippen LogP contribution in [0.25, 0.3) is 0 Å². The topological polar surface area (TPSA) is 12.5 Å². The molecule has 0 aliphatic rings. The van der Waals surface area contributed by atoms with Gasteiger partial charge in [-0.15, -0.1) is 6.42 Å². The molecule has 3 rings (SSSR count).